The molecule has 0 saturated heterocycles. The van der Waals surface area contributed by atoms with Crippen LogP contribution in [0.2, 0.25) is 0 Å². The quantitative estimate of drug-likeness (QED) is 0.132. The first-order valence-electron chi connectivity index (χ1n) is 11.3. The van der Waals surface area contributed by atoms with Gasteiger partial charge in [0.05, 0.1) is 27.7 Å². The van der Waals surface area contributed by atoms with Gasteiger partial charge in [0, 0.05) is 12.8 Å². The molecule has 0 aromatic heterocycles. The summed E-state index contributed by atoms with van der Waals surface area (Å²) in [7, 11) is 1.47. The average molecular weight is 469 g/mol. The topological polar surface area (TPSA) is 108 Å². The van der Waals surface area contributed by atoms with Gasteiger partial charge in [-0.3, -0.25) is 18.6 Å². The SMILES string of the molecule is CCCCCCCCC(=O)O[C@H](COC(=O)CCC)COP(=O)(O)OCC[N+](C)(C)C. The Balaban J connectivity index is 4.55. The molecule has 1 N–H and O–H groups in total. The lowest BCUT2D eigenvalue weighted by atomic mass is 10.1. The third kappa shape index (κ3) is 19.4. The van der Waals surface area contributed by atoms with Crippen molar-refractivity contribution in [3.8, 4) is 0 Å². The Morgan fingerprint density at radius 3 is 2.13 bits per heavy atom. The molecule has 0 heterocycles. The minimum Gasteiger partial charge on any atom is -0.462 e. The molecular weight excluding hydrogens is 425 g/mol. The number of carbonyl (C=O) groups is 2. The number of phosphoric ester groups is 1. The van der Waals surface area contributed by atoms with Crippen molar-refractivity contribution >= 4 is 19.8 Å². The summed E-state index contributed by atoms with van der Waals surface area (Å²) in [6, 6.07) is 0. The number of hydrogen-bond donors (Lipinski definition) is 1. The fourth-order valence-corrected chi connectivity index (χ4v) is 3.26. The molecule has 10 heteroatoms. The van der Waals surface area contributed by atoms with E-state index >= 15 is 0 Å². The van der Waals surface area contributed by atoms with E-state index in [1.807, 2.05) is 28.1 Å². The van der Waals surface area contributed by atoms with Crippen molar-refractivity contribution in [3.63, 3.8) is 0 Å². The number of esters is 2. The molecule has 31 heavy (non-hydrogen) atoms. The van der Waals surface area contributed by atoms with Gasteiger partial charge in [-0.25, -0.2) is 4.57 Å². The molecule has 184 valence electrons. The molecule has 1 unspecified atom stereocenters. The van der Waals surface area contributed by atoms with Crippen LogP contribution in [0.4, 0.5) is 0 Å². The maximum atomic E-state index is 12.1. The third-order valence-corrected chi connectivity index (χ3v) is 5.34. The van der Waals surface area contributed by atoms with E-state index in [9.17, 15) is 19.0 Å². The van der Waals surface area contributed by atoms with E-state index in [4.69, 9.17) is 18.5 Å². The third-order valence-electron chi connectivity index (χ3n) is 4.36. The number of nitrogens with zero attached hydrogens (tertiary/aromatic N) is 1. The van der Waals surface area contributed by atoms with Gasteiger partial charge >= 0.3 is 19.8 Å². The summed E-state index contributed by atoms with van der Waals surface area (Å²) in [6.45, 7) is 3.90. The number of phosphoric acid groups is 1. The largest absolute Gasteiger partial charge is 0.472 e. The van der Waals surface area contributed by atoms with Crippen molar-refractivity contribution in [3.05, 3.63) is 0 Å². The minimum atomic E-state index is -4.31. The zero-order valence-electron chi connectivity index (χ0n) is 20.0. The number of carbonyl (C=O) groups excluding carboxylic acids is 2. The fraction of sp³-hybridized carbons (Fsp3) is 0.905. The number of quaternary nitrogens is 1. The summed E-state index contributed by atoms with van der Waals surface area (Å²) in [5, 5.41) is 0. The van der Waals surface area contributed by atoms with Crippen molar-refractivity contribution < 1.29 is 42.1 Å². The van der Waals surface area contributed by atoms with E-state index in [1.54, 1.807) is 0 Å². The molecular formula is C21H43NO8P+. The monoisotopic (exact) mass is 468 g/mol. The van der Waals surface area contributed by atoms with Crippen molar-refractivity contribution in [2.45, 2.75) is 77.7 Å². The highest BCUT2D eigenvalue weighted by Gasteiger charge is 2.26. The van der Waals surface area contributed by atoms with Crippen LogP contribution in [-0.2, 0) is 32.7 Å². The molecule has 0 aliphatic heterocycles. The van der Waals surface area contributed by atoms with Crippen LogP contribution in [0.15, 0.2) is 0 Å². The van der Waals surface area contributed by atoms with E-state index in [2.05, 4.69) is 6.92 Å². The van der Waals surface area contributed by atoms with E-state index in [0.717, 1.165) is 25.7 Å². The zero-order chi connectivity index (χ0) is 23.8. The number of unbranched alkanes of at least 4 members (excludes halogenated alkanes) is 5. The lowest BCUT2D eigenvalue weighted by molar-refractivity contribution is -0.870. The van der Waals surface area contributed by atoms with Crippen LogP contribution in [-0.4, -0.2) is 74.9 Å². The van der Waals surface area contributed by atoms with E-state index in [-0.39, 0.29) is 26.1 Å². The Bertz CT molecular complexity index is 550. The lowest BCUT2D eigenvalue weighted by Gasteiger charge is -2.24. The van der Waals surface area contributed by atoms with Crippen molar-refractivity contribution in [2.75, 3.05) is 47.5 Å². The zero-order valence-corrected chi connectivity index (χ0v) is 20.9. The molecule has 0 spiro atoms. The second-order valence-corrected chi connectivity index (χ2v) is 10.1. The average Bonchev–Trinajstić information content (AvgIpc) is 2.65. The normalized spacial score (nSPS) is 14.6. The van der Waals surface area contributed by atoms with Crippen LogP contribution in [0.1, 0.15) is 71.6 Å². The van der Waals surface area contributed by atoms with E-state index in [0.29, 0.717) is 23.9 Å². The van der Waals surface area contributed by atoms with Gasteiger partial charge in [-0.1, -0.05) is 46.0 Å². The van der Waals surface area contributed by atoms with Gasteiger partial charge in [-0.15, -0.1) is 0 Å². The van der Waals surface area contributed by atoms with Crippen molar-refractivity contribution in [1.29, 1.82) is 0 Å². The first kappa shape index (κ1) is 30.0. The smallest absolute Gasteiger partial charge is 0.462 e. The summed E-state index contributed by atoms with van der Waals surface area (Å²) in [4.78, 5) is 33.6. The van der Waals surface area contributed by atoms with Crippen LogP contribution in [0.5, 0.6) is 0 Å². The minimum absolute atomic E-state index is 0.0330. The fourth-order valence-electron chi connectivity index (χ4n) is 2.52. The molecule has 0 aliphatic rings. The van der Waals surface area contributed by atoms with E-state index in [1.165, 1.54) is 6.42 Å². The van der Waals surface area contributed by atoms with Gasteiger partial charge < -0.3 is 18.9 Å². The maximum absolute atomic E-state index is 12.1. The second kappa shape index (κ2) is 16.6. The first-order valence-corrected chi connectivity index (χ1v) is 12.8. The van der Waals surface area contributed by atoms with Gasteiger partial charge in [0.2, 0.25) is 0 Å². The molecule has 0 aliphatic carbocycles. The van der Waals surface area contributed by atoms with Gasteiger partial charge in [-0.2, -0.15) is 0 Å². The summed E-state index contributed by atoms with van der Waals surface area (Å²) >= 11 is 0. The van der Waals surface area contributed by atoms with Crippen molar-refractivity contribution in [1.82, 2.24) is 0 Å². The number of ether oxygens (including phenoxy) is 2. The highest BCUT2D eigenvalue weighted by atomic mass is 31.2. The Kier molecular flexibility index (Phi) is 16.1. The molecule has 0 aromatic rings. The highest BCUT2D eigenvalue weighted by molar-refractivity contribution is 7.47. The Morgan fingerprint density at radius 1 is 0.871 bits per heavy atom. The van der Waals surface area contributed by atoms with Crippen molar-refractivity contribution in [2.24, 2.45) is 0 Å². The molecule has 0 bridgehead atoms. The molecule has 0 saturated carbocycles. The van der Waals surface area contributed by atoms with Crippen LogP contribution in [0.3, 0.4) is 0 Å². The van der Waals surface area contributed by atoms with Crippen LogP contribution in [0, 0.1) is 0 Å². The predicted molar refractivity (Wildman–Crippen MR) is 118 cm³/mol. The number of likely N-dealkylation sites (N-methyl/N-ethyl adjacent to an activating group) is 1. The number of hydrogen-bond acceptors (Lipinski definition) is 7. The molecule has 0 radical (unpaired) electrons. The molecule has 0 fully saturated rings. The molecule has 0 aromatic carbocycles. The van der Waals surface area contributed by atoms with Gasteiger partial charge in [0.1, 0.15) is 19.8 Å². The summed E-state index contributed by atoms with van der Waals surface area (Å²) in [5.41, 5.74) is 0. The maximum Gasteiger partial charge on any atom is 0.472 e. The predicted octanol–water partition coefficient (Wildman–Crippen LogP) is 3.83. The van der Waals surface area contributed by atoms with Gasteiger partial charge in [0.15, 0.2) is 6.10 Å². The second-order valence-electron chi connectivity index (χ2n) is 8.67. The van der Waals surface area contributed by atoms with Gasteiger partial charge in [-0.05, 0) is 12.8 Å². The van der Waals surface area contributed by atoms with Crippen LogP contribution >= 0.6 is 7.82 Å². The lowest BCUT2D eigenvalue weighted by Crippen LogP contribution is -2.37. The van der Waals surface area contributed by atoms with Crippen LogP contribution in [0.25, 0.3) is 0 Å². The number of rotatable bonds is 19. The summed E-state index contributed by atoms with van der Waals surface area (Å²) in [5.74, 6) is -0.875. The Labute approximate surface area is 187 Å². The molecule has 0 rings (SSSR count). The highest BCUT2D eigenvalue weighted by Crippen LogP contribution is 2.43. The van der Waals surface area contributed by atoms with Crippen LogP contribution < -0.4 is 0 Å². The standard InChI is InChI=1S/C21H42NO8P/c1-6-8-9-10-11-12-14-21(24)30-19(17-27-20(23)13-7-2)18-29-31(25,26)28-16-15-22(3,4)5/h19H,6-18H2,1-5H3/p+1/t19-/m1/s1. The molecule has 0 amide bonds. The van der Waals surface area contributed by atoms with E-state index < -0.39 is 32.5 Å². The Hall–Kier alpha value is -0.990. The summed E-state index contributed by atoms with van der Waals surface area (Å²) in [6.07, 6.45) is 6.34. The molecule has 9 nitrogen and oxygen atoms in total. The first-order chi connectivity index (χ1) is 14.5. The Morgan fingerprint density at radius 2 is 1.52 bits per heavy atom. The summed E-state index contributed by atoms with van der Waals surface area (Å²) < 4.78 is 33.0. The molecule has 2 atom stereocenters. The van der Waals surface area contributed by atoms with Gasteiger partial charge in [0.25, 0.3) is 0 Å².